The van der Waals surface area contributed by atoms with Gasteiger partial charge < -0.3 is 0 Å². The predicted molar refractivity (Wildman–Crippen MR) is 201 cm³/mol. The van der Waals surface area contributed by atoms with Gasteiger partial charge in [0.1, 0.15) is 0 Å². The number of nitrogens with zero attached hydrogens (tertiary/aromatic N) is 6. The Hall–Kier alpha value is -6.92. The van der Waals surface area contributed by atoms with Crippen molar-refractivity contribution in [3.05, 3.63) is 170 Å². The Kier molecular flexibility index (Phi) is 7.37. The highest BCUT2D eigenvalue weighted by Crippen LogP contribution is 2.43. The van der Waals surface area contributed by atoms with Crippen molar-refractivity contribution in [3.8, 4) is 68.3 Å². The van der Waals surface area contributed by atoms with Crippen molar-refractivity contribution in [1.29, 1.82) is 0 Å². The molecule has 2 aromatic heterocycles. The molecule has 0 aliphatic rings. The molecule has 234 valence electrons. The van der Waals surface area contributed by atoms with Crippen LogP contribution in [0.15, 0.2) is 170 Å². The summed E-state index contributed by atoms with van der Waals surface area (Å²) in [6.45, 7) is 0. The Morgan fingerprint density at radius 3 is 0.640 bits per heavy atom. The van der Waals surface area contributed by atoms with Gasteiger partial charge in [0.15, 0.2) is 34.9 Å². The van der Waals surface area contributed by atoms with Gasteiger partial charge in [0.05, 0.1) is 0 Å². The van der Waals surface area contributed by atoms with E-state index in [2.05, 4.69) is 48.5 Å². The molecule has 0 N–H and O–H groups in total. The van der Waals surface area contributed by atoms with Gasteiger partial charge in [-0.05, 0) is 21.5 Å². The zero-order chi connectivity index (χ0) is 33.3. The molecule has 9 aromatic rings. The maximum Gasteiger partial charge on any atom is 0.165 e. The van der Waals surface area contributed by atoms with Crippen molar-refractivity contribution in [2.45, 2.75) is 0 Å². The van der Waals surface area contributed by atoms with Crippen molar-refractivity contribution in [1.82, 2.24) is 29.9 Å². The number of aromatic nitrogens is 6. The van der Waals surface area contributed by atoms with E-state index in [0.29, 0.717) is 34.9 Å². The van der Waals surface area contributed by atoms with Crippen molar-refractivity contribution in [2.75, 3.05) is 0 Å². The first kappa shape index (κ1) is 29.2. The van der Waals surface area contributed by atoms with E-state index in [9.17, 15) is 0 Å². The summed E-state index contributed by atoms with van der Waals surface area (Å²) in [5.74, 6) is 3.66. The molecular weight excluding hydrogens is 613 g/mol. The van der Waals surface area contributed by atoms with Crippen LogP contribution in [0.2, 0.25) is 0 Å². The summed E-state index contributed by atoms with van der Waals surface area (Å²) < 4.78 is 0. The quantitative estimate of drug-likeness (QED) is 0.168. The molecule has 50 heavy (non-hydrogen) atoms. The number of benzene rings is 7. The molecule has 0 saturated carbocycles. The van der Waals surface area contributed by atoms with E-state index < -0.39 is 0 Å². The number of fused-ring (bicyclic) bond motifs is 2. The average Bonchev–Trinajstić information content (AvgIpc) is 3.21. The van der Waals surface area contributed by atoms with E-state index in [1.807, 2.05) is 121 Å². The number of rotatable bonds is 6. The number of hydrogen-bond donors (Lipinski definition) is 0. The smallest absolute Gasteiger partial charge is 0.165 e. The van der Waals surface area contributed by atoms with Crippen molar-refractivity contribution < 1.29 is 0 Å². The maximum absolute atomic E-state index is 5.15. The van der Waals surface area contributed by atoms with Crippen LogP contribution in [-0.4, -0.2) is 29.9 Å². The van der Waals surface area contributed by atoms with Gasteiger partial charge in [-0.25, -0.2) is 29.9 Å². The summed E-state index contributed by atoms with van der Waals surface area (Å²) in [6.07, 6.45) is 0. The van der Waals surface area contributed by atoms with Crippen LogP contribution >= 0.6 is 0 Å². The Bertz CT molecular complexity index is 2270. The van der Waals surface area contributed by atoms with Crippen LogP contribution in [0.3, 0.4) is 0 Å². The first-order chi connectivity index (χ1) is 24.8. The zero-order valence-electron chi connectivity index (χ0n) is 26.8. The van der Waals surface area contributed by atoms with Crippen LogP contribution < -0.4 is 0 Å². The first-order valence-electron chi connectivity index (χ1n) is 16.5. The van der Waals surface area contributed by atoms with Gasteiger partial charge in [0.2, 0.25) is 0 Å². The molecule has 0 amide bonds. The van der Waals surface area contributed by atoms with E-state index in [1.54, 1.807) is 0 Å². The molecule has 0 bridgehead atoms. The molecule has 6 heteroatoms. The second-order valence-corrected chi connectivity index (χ2v) is 11.9. The molecule has 0 spiro atoms. The predicted octanol–water partition coefficient (Wildman–Crippen LogP) is 10.4. The van der Waals surface area contributed by atoms with Crippen LogP contribution in [0.25, 0.3) is 89.9 Å². The van der Waals surface area contributed by atoms with Gasteiger partial charge >= 0.3 is 0 Å². The molecule has 0 aliphatic carbocycles. The largest absolute Gasteiger partial charge is 0.208 e. The van der Waals surface area contributed by atoms with Crippen LogP contribution in [0.5, 0.6) is 0 Å². The summed E-state index contributed by atoms with van der Waals surface area (Å²) in [5.41, 5.74) is 5.54. The lowest BCUT2D eigenvalue weighted by atomic mass is 9.90. The van der Waals surface area contributed by atoms with Crippen LogP contribution in [-0.2, 0) is 0 Å². The third-order valence-electron chi connectivity index (χ3n) is 8.78. The van der Waals surface area contributed by atoms with Gasteiger partial charge in [-0.3, -0.25) is 0 Å². The minimum atomic E-state index is 0.599. The topological polar surface area (TPSA) is 77.3 Å². The standard InChI is InChI=1S/C44H28N6/c1-5-17-29(18-6-1)39-45-40(30-19-7-2-8-20-30)48-43(47-39)37-33-25-13-15-27-35(33)38(36-28-16-14-26-34(36)37)44-49-41(31-21-9-3-10-22-31)46-42(50-44)32-23-11-4-12-24-32/h1-28H. The Labute approximate surface area is 288 Å². The fraction of sp³-hybridized carbons (Fsp3) is 0. The van der Waals surface area contributed by atoms with Gasteiger partial charge in [-0.2, -0.15) is 0 Å². The van der Waals surface area contributed by atoms with Crippen LogP contribution in [0, 0.1) is 0 Å². The SMILES string of the molecule is c1ccc(-c2nc(-c3ccccc3)nc(-c3c4ccccc4c(-c4nc(-c5ccccc5)nc(-c5ccccc5)n4)c4ccccc34)n2)cc1. The highest BCUT2D eigenvalue weighted by molar-refractivity contribution is 6.20. The molecule has 0 saturated heterocycles. The zero-order valence-corrected chi connectivity index (χ0v) is 26.8. The van der Waals surface area contributed by atoms with E-state index in [-0.39, 0.29) is 0 Å². The molecule has 0 fully saturated rings. The van der Waals surface area contributed by atoms with Gasteiger partial charge in [0, 0.05) is 33.4 Å². The highest BCUT2D eigenvalue weighted by atomic mass is 15.0. The molecule has 0 radical (unpaired) electrons. The molecule has 0 atom stereocenters. The third kappa shape index (κ3) is 5.35. The molecule has 0 unspecified atom stereocenters. The van der Waals surface area contributed by atoms with E-state index in [0.717, 1.165) is 54.9 Å². The summed E-state index contributed by atoms with van der Waals surface area (Å²) in [4.78, 5) is 30.5. The van der Waals surface area contributed by atoms with E-state index in [1.165, 1.54) is 0 Å². The Morgan fingerprint density at radius 1 is 0.200 bits per heavy atom. The van der Waals surface area contributed by atoms with E-state index in [4.69, 9.17) is 29.9 Å². The molecule has 2 heterocycles. The van der Waals surface area contributed by atoms with E-state index >= 15 is 0 Å². The second-order valence-electron chi connectivity index (χ2n) is 11.9. The first-order valence-corrected chi connectivity index (χ1v) is 16.5. The summed E-state index contributed by atoms with van der Waals surface area (Å²) in [6, 6.07) is 57.0. The summed E-state index contributed by atoms with van der Waals surface area (Å²) in [7, 11) is 0. The van der Waals surface area contributed by atoms with Crippen LogP contribution in [0.1, 0.15) is 0 Å². The van der Waals surface area contributed by atoms with Gasteiger partial charge in [-0.1, -0.05) is 170 Å². The van der Waals surface area contributed by atoms with Crippen LogP contribution in [0.4, 0.5) is 0 Å². The lowest BCUT2D eigenvalue weighted by Crippen LogP contribution is -2.03. The maximum atomic E-state index is 5.15. The fourth-order valence-electron chi connectivity index (χ4n) is 6.45. The monoisotopic (exact) mass is 640 g/mol. The normalized spacial score (nSPS) is 11.2. The summed E-state index contributed by atoms with van der Waals surface area (Å²) in [5, 5.41) is 3.98. The minimum absolute atomic E-state index is 0.599. The molecule has 9 rings (SSSR count). The minimum Gasteiger partial charge on any atom is -0.208 e. The lowest BCUT2D eigenvalue weighted by Gasteiger charge is -2.17. The van der Waals surface area contributed by atoms with Gasteiger partial charge in [-0.15, -0.1) is 0 Å². The second kappa shape index (κ2) is 12.6. The summed E-state index contributed by atoms with van der Waals surface area (Å²) >= 11 is 0. The van der Waals surface area contributed by atoms with Crippen molar-refractivity contribution in [2.24, 2.45) is 0 Å². The molecule has 6 nitrogen and oxygen atoms in total. The van der Waals surface area contributed by atoms with Gasteiger partial charge in [0.25, 0.3) is 0 Å². The fourth-order valence-corrected chi connectivity index (χ4v) is 6.45. The molecule has 0 aliphatic heterocycles. The number of hydrogen-bond acceptors (Lipinski definition) is 6. The highest BCUT2D eigenvalue weighted by Gasteiger charge is 2.22. The molecular formula is C44H28N6. The molecule has 7 aromatic carbocycles. The Balaban J connectivity index is 1.35. The van der Waals surface area contributed by atoms with Crippen molar-refractivity contribution in [3.63, 3.8) is 0 Å². The average molecular weight is 641 g/mol. The lowest BCUT2D eigenvalue weighted by molar-refractivity contribution is 1.07. The third-order valence-corrected chi connectivity index (χ3v) is 8.78. The Morgan fingerprint density at radius 2 is 0.400 bits per heavy atom. The van der Waals surface area contributed by atoms with Crippen molar-refractivity contribution >= 4 is 21.5 Å².